The minimum absolute atomic E-state index is 0.173. The first-order chi connectivity index (χ1) is 8.79. The van der Waals surface area contributed by atoms with E-state index in [-0.39, 0.29) is 28.9 Å². The number of phenolic OH excluding ortho intramolecular Hbond substituents is 2. The molecule has 1 saturated carbocycles. The van der Waals surface area contributed by atoms with Crippen molar-refractivity contribution in [3.63, 3.8) is 0 Å². The average Bonchev–Trinajstić information content (AvgIpc) is 2.91. The normalized spacial score (nSPS) is 21.7. The van der Waals surface area contributed by atoms with Crippen LogP contribution in [0.25, 0.3) is 0 Å². The van der Waals surface area contributed by atoms with E-state index in [0.717, 1.165) is 6.42 Å². The van der Waals surface area contributed by atoms with Gasteiger partial charge in [0.2, 0.25) is 5.91 Å². The summed E-state index contributed by atoms with van der Waals surface area (Å²) in [6.45, 7) is 4.20. The third kappa shape index (κ3) is 3.17. The Labute approximate surface area is 112 Å². The Morgan fingerprint density at radius 1 is 1.47 bits per heavy atom. The summed E-state index contributed by atoms with van der Waals surface area (Å²) in [6.07, 6.45) is 1.30. The number of aromatic hydroxyl groups is 2. The topological polar surface area (TPSA) is 95.6 Å². The highest BCUT2D eigenvalue weighted by Crippen LogP contribution is 2.44. The molecule has 1 unspecified atom stereocenters. The number of rotatable bonds is 4. The molecule has 0 saturated heterocycles. The fourth-order valence-electron chi connectivity index (χ4n) is 2.03. The van der Waals surface area contributed by atoms with E-state index in [2.05, 4.69) is 19.2 Å². The van der Waals surface area contributed by atoms with Crippen LogP contribution >= 0.6 is 0 Å². The average molecular weight is 264 g/mol. The highest BCUT2D eigenvalue weighted by Gasteiger charge is 2.46. The molecule has 2 atom stereocenters. The van der Waals surface area contributed by atoms with Crippen molar-refractivity contribution < 1.29 is 15.0 Å². The molecule has 1 aliphatic rings. The quantitative estimate of drug-likeness (QED) is 0.607. The Bertz CT molecular complexity index is 499. The molecule has 104 valence electrons. The number of nitrogens with one attached hydrogen (secondary N) is 1. The molecular weight excluding hydrogens is 244 g/mol. The smallest absolute Gasteiger partial charge is 0.237 e. The molecule has 0 radical (unpaired) electrons. The molecule has 5 nitrogen and oxygen atoms in total. The third-order valence-corrected chi connectivity index (χ3v) is 3.66. The third-order valence-electron chi connectivity index (χ3n) is 3.66. The van der Waals surface area contributed by atoms with Crippen LogP contribution in [0.5, 0.6) is 11.5 Å². The molecular formula is C14H20N2O3. The lowest BCUT2D eigenvalue weighted by Crippen LogP contribution is -2.43. The maximum atomic E-state index is 11.9. The van der Waals surface area contributed by atoms with Gasteiger partial charge in [-0.25, -0.2) is 0 Å². The maximum Gasteiger partial charge on any atom is 0.237 e. The van der Waals surface area contributed by atoms with E-state index < -0.39 is 6.04 Å². The highest BCUT2D eigenvalue weighted by atomic mass is 16.3. The summed E-state index contributed by atoms with van der Waals surface area (Å²) in [5.41, 5.74) is 6.73. The maximum absolute atomic E-state index is 11.9. The van der Waals surface area contributed by atoms with Crippen molar-refractivity contribution in [2.45, 2.75) is 38.8 Å². The van der Waals surface area contributed by atoms with Gasteiger partial charge in [0, 0.05) is 6.04 Å². The van der Waals surface area contributed by atoms with Crippen molar-refractivity contribution in [2.75, 3.05) is 0 Å². The Kier molecular flexibility index (Phi) is 3.41. The van der Waals surface area contributed by atoms with Gasteiger partial charge in [0.15, 0.2) is 11.5 Å². The number of carbonyl (C=O) groups excluding carboxylic acids is 1. The summed E-state index contributed by atoms with van der Waals surface area (Å²) in [5, 5.41) is 21.5. The van der Waals surface area contributed by atoms with Crippen molar-refractivity contribution in [1.29, 1.82) is 0 Å². The molecule has 0 aliphatic heterocycles. The predicted molar refractivity (Wildman–Crippen MR) is 71.8 cm³/mol. The summed E-state index contributed by atoms with van der Waals surface area (Å²) in [4.78, 5) is 11.9. The van der Waals surface area contributed by atoms with Crippen molar-refractivity contribution in [2.24, 2.45) is 11.1 Å². The molecule has 5 heteroatoms. The lowest BCUT2D eigenvalue weighted by Gasteiger charge is -2.13. The van der Waals surface area contributed by atoms with Gasteiger partial charge in [-0.1, -0.05) is 19.9 Å². The van der Waals surface area contributed by atoms with Gasteiger partial charge in [0.25, 0.3) is 0 Å². The molecule has 0 heterocycles. The zero-order valence-electron chi connectivity index (χ0n) is 11.2. The van der Waals surface area contributed by atoms with Gasteiger partial charge in [0.05, 0.1) is 6.04 Å². The number of phenols is 2. The second-order valence-electron chi connectivity index (χ2n) is 5.89. The van der Waals surface area contributed by atoms with Gasteiger partial charge in [-0.15, -0.1) is 0 Å². The fourth-order valence-corrected chi connectivity index (χ4v) is 2.03. The first-order valence-electron chi connectivity index (χ1n) is 6.36. The van der Waals surface area contributed by atoms with E-state index >= 15 is 0 Å². The van der Waals surface area contributed by atoms with E-state index in [1.165, 1.54) is 12.1 Å². The van der Waals surface area contributed by atoms with E-state index in [0.29, 0.717) is 12.0 Å². The lowest BCUT2D eigenvalue weighted by atomic mass is 10.1. The van der Waals surface area contributed by atoms with Gasteiger partial charge in [-0.05, 0) is 36.0 Å². The zero-order valence-corrected chi connectivity index (χ0v) is 11.2. The van der Waals surface area contributed by atoms with Crippen molar-refractivity contribution in [3.05, 3.63) is 23.8 Å². The van der Waals surface area contributed by atoms with Crippen molar-refractivity contribution in [1.82, 2.24) is 5.32 Å². The zero-order chi connectivity index (χ0) is 14.2. The molecule has 19 heavy (non-hydrogen) atoms. The van der Waals surface area contributed by atoms with Gasteiger partial charge >= 0.3 is 0 Å². The lowest BCUT2D eigenvalue weighted by molar-refractivity contribution is -0.122. The second-order valence-corrected chi connectivity index (χ2v) is 5.89. The Morgan fingerprint density at radius 2 is 2.11 bits per heavy atom. The van der Waals surface area contributed by atoms with Crippen LogP contribution in [0.2, 0.25) is 0 Å². The van der Waals surface area contributed by atoms with Crippen LogP contribution < -0.4 is 11.1 Å². The minimum atomic E-state index is -0.652. The molecule has 1 aromatic rings. The number of nitrogens with two attached hydrogens (primary N) is 1. The highest BCUT2D eigenvalue weighted by molar-refractivity contribution is 5.82. The van der Waals surface area contributed by atoms with E-state index in [9.17, 15) is 15.0 Å². The van der Waals surface area contributed by atoms with Crippen LogP contribution in [0.15, 0.2) is 18.2 Å². The molecule has 1 fully saturated rings. The first-order valence-corrected chi connectivity index (χ1v) is 6.36. The molecule has 0 aromatic heterocycles. The molecule has 1 aromatic carbocycles. The fraction of sp³-hybridized carbons (Fsp3) is 0.500. The van der Waals surface area contributed by atoms with Gasteiger partial charge in [0.1, 0.15) is 0 Å². The summed E-state index contributed by atoms with van der Waals surface area (Å²) in [5.74, 6) is -0.557. The monoisotopic (exact) mass is 264 g/mol. The van der Waals surface area contributed by atoms with Crippen LogP contribution in [0, 0.1) is 5.41 Å². The second kappa shape index (κ2) is 4.74. The van der Waals surface area contributed by atoms with Crippen LogP contribution in [0.4, 0.5) is 0 Å². The number of carbonyl (C=O) groups is 1. The number of benzene rings is 1. The summed E-state index contributed by atoms with van der Waals surface area (Å²) in [7, 11) is 0. The number of hydrogen-bond donors (Lipinski definition) is 4. The van der Waals surface area contributed by atoms with E-state index in [1.54, 1.807) is 6.07 Å². The summed E-state index contributed by atoms with van der Waals surface area (Å²) < 4.78 is 0. The van der Waals surface area contributed by atoms with Gasteiger partial charge in [-0.2, -0.15) is 0 Å². The Balaban J connectivity index is 1.91. The molecule has 2 rings (SSSR count). The molecule has 1 aliphatic carbocycles. The Morgan fingerprint density at radius 3 is 2.63 bits per heavy atom. The van der Waals surface area contributed by atoms with Crippen LogP contribution in [0.3, 0.4) is 0 Å². The summed E-state index contributed by atoms with van der Waals surface area (Å²) in [6, 6.07) is 4.01. The molecule has 5 N–H and O–H groups in total. The standard InChI is InChI=1S/C14H20N2O3/c1-14(2)7-12(14)16-13(19)9(15)5-8-3-4-10(17)11(18)6-8/h3-4,6,9,12,17-18H,5,7,15H2,1-2H3,(H,16,19)/t9-,12?/m0/s1. The SMILES string of the molecule is CC1(C)CC1NC(=O)[C@@H](N)Cc1ccc(O)c(O)c1. The predicted octanol–water partition coefficient (Wildman–Crippen LogP) is 0.882. The molecule has 0 spiro atoms. The van der Waals surface area contributed by atoms with Crippen LogP contribution in [0.1, 0.15) is 25.8 Å². The minimum Gasteiger partial charge on any atom is -0.504 e. The van der Waals surface area contributed by atoms with Gasteiger partial charge in [-0.3, -0.25) is 4.79 Å². The van der Waals surface area contributed by atoms with E-state index in [4.69, 9.17) is 5.73 Å². The summed E-state index contributed by atoms with van der Waals surface area (Å²) >= 11 is 0. The Hall–Kier alpha value is -1.75. The van der Waals surface area contributed by atoms with Gasteiger partial charge < -0.3 is 21.3 Å². The molecule has 1 amide bonds. The van der Waals surface area contributed by atoms with E-state index in [1.807, 2.05) is 0 Å². The largest absolute Gasteiger partial charge is 0.504 e. The van der Waals surface area contributed by atoms with Crippen molar-refractivity contribution in [3.8, 4) is 11.5 Å². The first kappa shape index (κ1) is 13.7. The number of amides is 1. The number of hydrogen-bond acceptors (Lipinski definition) is 4. The van der Waals surface area contributed by atoms with Crippen LogP contribution in [-0.2, 0) is 11.2 Å². The van der Waals surface area contributed by atoms with Crippen molar-refractivity contribution >= 4 is 5.91 Å². The molecule has 0 bridgehead atoms. The van der Waals surface area contributed by atoms with Crippen LogP contribution in [-0.4, -0.2) is 28.2 Å².